The fourth-order valence-electron chi connectivity index (χ4n) is 0. The zero-order valence-corrected chi connectivity index (χ0v) is 4.85. The van der Waals surface area contributed by atoms with Crippen molar-refractivity contribution in [1.29, 1.82) is 0 Å². The predicted molar refractivity (Wildman–Crippen MR) is 14.5 cm³/mol. The van der Waals surface area contributed by atoms with Gasteiger partial charge in [-0.1, -0.05) is 5.94 Å². The molecule has 1 N–H and O–H groups in total. The van der Waals surface area contributed by atoms with E-state index in [0.29, 0.717) is 0 Å². The van der Waals surface area contributed by atoms with Gasteiger partial charge in [-0.3, -0.25) is 0 Å². The standard InChI is InChI=1S/CH4OS.Au/c2-1-3;/h2-3H,1H2;/q;+1/p-1. The molecule has 0 aromatic rings. The van der Waals surface area contributed by atoms with Crippen molar-refractivity contribution in [3.05, 3.63) is 0 Å². The van der Waals surface area contributed by atoms with E-state index in [1.807, 2.05) is 0 Å². The second-order valence-corrected chi connectivity index (χ2v) is 0.387. The van der Waals surface area contributed by atoms with Crippen LogP contribution in [0.25, 0.3) is 0 Å². The van der Waals surface area contributed by atoms with Crippen LogP contribution in [0.5, 0.6) is 0 Å². The third-order valence-corrected chi connectivity index (χ3v) is 0. The molecule has 3 heteroatoms. The second kappa shape index (κ2) is 8.96. The van der Waals surface area contributed by atoms with E-state index in [1.54, 1.807) is 0 Å². The number of rotatable bonds is 0. The van der Waals surface area contributed by atoms with Crippen LogP contribution in [-0.4, -0.2) is 11.0 Å². The molecule has 0 amide bonds. The topological polar surface area (TPSA) is 20.2 Å². The van der Waals surface area contributed by atoms with E-state index in [2.05, 4.69) is 12.6 Å². The van der Waals surface area contributed by atoms with Crippen LogP contribution in [0, 0.1) is 0 Å². The van der Waals surface area contributed by atoms with Crippen molar-refractivity contribution in [3.8, 4) is 0 Å². The Kier molecular flexibility index (Phi) is 20.0. The van der Waals surface area contributed by atoms with Crippen molar-refractivity contribution < 1.29 is 27.5 Å². The Morgan fingerprint density at radius 1 is 1.75 bits per heavy atom. The quantitative estimate of drug-likeness (QED) is 0.467. The minimum absolute atomic E-state index is 0. The van der Waals surface area contributed by atoms with E-state index < -0.39 is 0 Å². The van der Waals surface area contributed by atoms with Gasteiger partial charge in [0.15, 0.2) is 0 Å². The van der Waals surface area contributed by atoms with Gasteiger partial charge in [0.1, 0.15) is 0 Å². The largest absolute Gasteiger partial charge is 1.00 e. The van der Waals surface area contributed by atoms with Crippen LogP contribution < -0.4 is 0 Å². The number of hydrogen-bond donors (Lipinski definition) is 1. The van der Waals surface area contributed by atoms with E-state index in [-0.39, 0.29) is 28.3 Å². The first-order chi connectivity index (χ1) is 1.41. The van der Waals surface area contributed by atoms with E-state index in [9.17, 15) is 0 Å². The molecule has 0 rings (SSSR count). The summed E-state index contributed by atoms with van der Waals surface area (Å²) in [6.07, 6.45) is 0. The van der Waals surface area contributed by atoms with Crippen molar-refractivity contribution in [2.75, 3.05) is 5.94 Å². The summed E-state index contributed by atoms with van der Waals surface area (Å²) >= 11 is 3.95. The fraction of sp³-hybridized carbons (Fsp3) is 1.00. The average Bonchev–Trinajstić information content (AvgIpc) is 0.918. The first-order valence-corrected chi connectivity index (χ1v) is 1.18. The molecule has 0 aliphatic heterocycles. The molecule has 0 atom stereocenters. The molecule has 30 valence electrons. The summed E-state index contributed by atoms with van der Waals surface area (Å²) in [5.74, 6) is -0.167. The van der Waals surface area contributed by atoms with Gasteiger partial charge in [-0.05, 0) is 0 Å². The summed E-state index contributed by atoms with van der Waals surface area (Å²) in [6, 6.07) is 0. The molecule has 0 aromatic heterocycles. The van der Waals surface area contributed by atoms with E-state index in [4.69, 9.17) is 5.11 Å². The molecular weight excluding hydrogens is 257 g/mol. The summed E-state index contributed by atoms with van der Waals surface area (Å²) in [7, 11) is 0. The first-order valence-electron chi connectivity index (χ1n) is 0.605. The SMILES string of the molecule is OC[S-].[Au+]. The Morgan fingerprint density at radius 3 is 1.75 bits per heavy atom. The molecular formula is CH3AuOS. The summed E-state index contributed by atoms with van der Waals surface area (Å²) in [6.45, 7) is 0. The molecule has 0 aromatic carbocycles. The van der Waals surface area contributed by atoms with E-state index in [1.165, 1.54) is 0 Å². The van der Waals surface area contributed by atoms with Gasteiger partial charge in [0.25, 0.3) is 0 Å². The van der Waals surface area contributed by atoms with Crippen molar-refractivity contribution in [1.82, 2.24) is 0 Å². The number of aliphatic hydroxyl groups excluding tert-OH is 1. The van der Waals surface area contributed by atoms with Crippen molar-refractivity contribution in [2.24, 2.45) is 0 Å². The van der Waals surface area contributed by atoms with Gasteiger partial charge in [0, 0.05) is 0 Å². The summed E-state index contributed by atoms with van der Waals surface area (Å²) < 4.78 is 0. The van der Waals surface area contributed by atoms with Gasteiger partial charge >= 0.3 is 22.4 Å². The van der Waals surface area contributed by atoms with Crippen LogP contribution in [0.1, 0.15) is 0 Å². The Bertz CT molecular complexity index is 8.00. The Morgan fingerprint density at radius 2 is 1.75 bits per heavy atom. The molecule has 0 saturated carbocycles. The molecule has 0 aliphatic carbocycles. The van der Waals surface area contributed by atoms with Gasteiger partial charge in [-0.25, -0.2) is 0 Å². The number of hydrogen-bond acceptors (Lipinski definition) is 2. The van der Waals surface area contributed by atoms with Crippen LogP contribution in [0.15, 0.2) is 0 Å². The number of aliphatic hydroxyl groups is 1. The third-order valence-electron chi connectivity index (χ3n) is 0. The Balaban J connectivity index is 0. The van der Waals surface area contributed by atoms with Gasteiger partial charge in [-0.15, -0.1) is 0 Å². The van der Waals surface area contributed by atoms with Gasteiger partial charge in [-0.2, -0.15) is 0 Å². The molecule has 0 aliphatic rings. The average molecular weight is 260 g/mol. The maximum atomic E-state index is 7.38. The molecule has 4 heavy (non-hydrogen) atoms. The first kappa shape index (κ1) is 8.90. The third kappa shape index (κ3) is 11.6. The van der Waals surface area contributed by atoms with Crippen LogP contribution in [0.4, 0.5) is 0 Å². The minimum Gasteiger partial charge on any atom is -0.765 e. The summed E-state index contributed by atoms with van der Waals surface area (Å²) in [5.41, 5.74) is 0. The predicted octanol–water partition coefficient (Wildman–Crippen LogP) is -0.519. The maximum absolute atomic E-state index is 7.38. The molecule has 0 heterocycles. The van der Waals surface area contributed by atoms with E-state index in [0.717, 1.165) is 0 Å². The van der Waals surface area contributed by atoms with Crippen LogP contribution in [0.2, 0.25) is 0 Å². The maximum Gasteiger partial charge on any atom is 1.00 e. The molecule has 0 saturated heterocycles. The van der Waals surface area contributed by atoms with Gasteiger partial charge < -0.3 is 17.7 Å². The van der Waals surface area contributed by atoms with Gasteiger partial charge in [0.05, 0.1) is 0 Å². The van der Waals surface area contributed by atoms with Crippen LogP contribution in [0.3, 0.4) is 0 Å². The molecule has 0 radical (unpaired) electrons. The molecule has 0 fully saturated rings. The van der Waals surface area contributed by atoms with Crippen LogP contribution >= 0.6 is 0 Å². The molecule has 0 bridgehead atoms. The van der Waals surface area contributed by atoms with Crippen molar-refractivity contribution in [2.45, 2.75) is 0 Å². The molecule has 0 spiro atoms. The van der Waals surface area contributed by atoms with Crippen molar-refractivity contribution in [3.63, 3.8) is 0 Å². The minimum atomic E-state index is -0.167. The summed E-state index contributed by atoms with van der Waals surface area (Å²) in [4.78, 5) is 0. The smallest absolute Gasteiger partial charge is 0.765 e. The summed E-state index contributed by atoms with van der Waals surface area (Å²) in [5, 5.41) is 7.38. The van der Waals surface area contributed by atoms with Crippen molar-refractivity contribution >= 4 is 12.6 Å². The zero-order valence-electron chi connectivity index (χ0n) is 1.86. The molecule has 1 nitrogen and oxygen atoms in total. The van der Waals surface area contributed by atoms with Crippen LogP contribution in [-0.2, 0) is 35.0 Å². The Hall–Kier alpha value is 1.05. The normalized spacial score (nSPS) is 4.50. The molecule has 0 unspecified atom stereocenters. The zero-order chi connectivity index (χ0) is 2.71. The fourth-order valence-corrected chi connectivity index (χ4v) is 0. The van der Waals surface area contributed by atoms with Gasteiger partial charge in [0.2, 0.25) is 0 Å². The van der Waals surface area contributed by atoms with E-state index >= 15 is 0 Å². The second-order valence-electron chi connectivity index (χ2n) is 0.129. The monoisotopic (exact) mass is 260 g/mol. The Labute approximate surface area is 46.3 Å².